The summed E-state index contributed by atoms with van der Waals surface area (Å²) in [6.07, 6.45) is -0.0956. The van der Waals surface area contributed by atoms with Gasteiger partial charge in [0.05, 0.1) is 44.1 Å². The number of aromatic nitrogens is 1. The van der Waals surface area contributed by atoms with Gasteiger partial charge in [-0.05, 0) is 28.3 Å². The molecule has 0 radical (unpaired) electrons. The third-order valence-electron chi connectivity index (χ3n) is 9.92. The first kappa shape index (κ1) is 36.3. The van der Waals surface area contributed by atoms with Gasteiger partial charge in [0.2, 0.25) is 0 Å². The average Bonchev–Trinajstić information content (AvgIpc) is 3.78. The third kappa shape index (κ3) is 8.52. The minimum Gasteiger partial charge on any atom is -0.374 e. The van der Waals surface area contributed by atoms with Crippen LogP contribution in [0.4, 0.5) is 0 Å². The lowest BCUT2D eigenvalue weighted by Crippen LogP contribution is -2.59. The van der Waals surface area contributed by atoms with Crippen LogP contribution < -0.4 is 5.32 Å². The predicted octanol–water partition coefficient (Wildman–Crippen LogP) is 7.55. The monoisotopic (exact) mass is 734 g/mol. The van der Waals surface area contributed by atoms with Gasteiger partial charge < -0.3 is 28.3 Å². The highest BCUT2D eigenvalue weighted by Crippen LogP contribution is 2.40. The van der Waals surface area contributed by atoms with Gasteiger partial charge in [-0.25, -0.2) is 0 Å². The molecule has 0 spiro atoms. The molecule has 9 heteroatoms. The van der Waals surface area contributed by atoms with Crippen LogP contribution in [0.15, 0.2) is 158 Å². The molecule has 9 nitrogen and oxygen atoms in total. The molecular formula is C46H42N2O7. The molecule has 2 aliphatic heterocycles. The summed E-state index contributed by atoms with van der Waals surface area (Å²) >= 11 is 0. The number of hydrogen-bond donors (Lipinski definition) is 1. The van der Waals surface area contributed by atoms with Crippen molar-refractivity contribution in [3.05, 3.63) is 186 Å². The van der Waals surface area contributed by atoms with E-state index in [9.17, 15) is 9.59 Å². The molecule has 0 aliphatic carbocycles. The zero-order valence-electron chi connectivity index (χ0n) is 30.2. The van der Waals surface area contributed by atoms with Crippen molar-refractivity contribution in [2.24, 2.45) is 0 Å². The van der Waals surface area contributed by atoms with E-state index in [-0.39, 0.29) is 13.2 Å². The summed E-state index contributed by atoms with van der Waals surface area (Å²) in [7, 11) is 0. The average molecular weight is 735 g/mol. The first-order valence-corrected chi connectivity index (χ1v) is 18.5. The molecule has 0 unspecified atom stereocenters. The number of para-hydroxylation sites is 1. The summed E-state index contributed by atoms with van der Waals surface area (Å²) < 4.78 is 36.2. The van der Waals surface area contributed by atoms with Crippen molar-refractivity contribution in [1.29, 1.82) is 0 Å². The van der Waals surface area contributed by atoms with Crippen LogP contribution in [0.5, 0.6) is 0 Å². The predicted molar refractivity (Wildman–Crippen MR) is 208 cm³/mol. The molecule has 1 aromatic heterocycles. The number of rotatable bonds is 15. The van der Waals surface area contributed by atoms with Crippen LogP contribution >= 0.6 is 0 Å². The van der Waals surface area contributed by atoms with Crippen LogP contribution in [0.1, 0.15) is 34.0 Å². The molecule has 5 aromatic carbocycles. The van der Waals surface area contributed by atoms with Gasteiger partial charge in [0.1, 0.15) is 24.4 Å². The fourth-order valence-electron chi connectivity index (χ4n) is 7.23. The Morgan fingerprint density at radius 3 is 1.60 bits per heavy atom. The van der Waals surface area contributed by atoms with Crippen molar-refractivity contribution in [2.45, 2.75) is 57.1 Å². The number of hydrogen-bond acceptors (Lipinski definition) is 7. The van der Waals surface area contributed by atoms with Gasteiger partial charge in [-0.3, -0.25) is 14.9 Å². The second kappa shape index (κ2) is 17.2. The molecule has 6 aromatic rings. The molecule has 3 heterocycles. The van der Waals surface area contributed by atoms with Gasteiger partial charge in [0.15, 0.2) is 6.23 Å². The zero-order chi connectivity index (χ0) is 37.4. The fourth-order valence-corrected chi connectivity index (χ4v) is 7.23. The Morgan fingerprint density at radius 1 is 0.564 bits per heavy atom. The number of nitrogens with zero attached hydrogens (tertiary/aromatic N) is 1. The second-order valence-corrected chi connectivity index (χ2v) is 13.7. The standard InChI is InChI=1S/C46H42N2O7/c49-41-25-37(45(50)47-41)38-26-48(39-24-14-13-23-36(38)39)46-44(54-30-35-21-11-4-12-22-35)43(53-29-34-19-9-3-10-20-34)42(52-28-33-17-7-2-8-18-33)40(55-46)31-51-27-32-15-5-1-6-16-32/h1-26,40,42-44,46H,27-31H2,(H,47,49,50)/t40-,42-,43+,44-,46-/m1/s1. The van der Waals surface area contributed by atoms with Crippen molar-refractivity contribution in [1.82, 2.24) is 9.88 Å². The highest BCUT2D eigenvalue weighted by Gasteiger charge is 2.49. The van der Waals surface area contributed by atoms with Crippen LogP contribution in [-0.2, 0) is 59.7 Å². The van der Waals surface area contributed by atoms with E-state index in [2.05, 4.69) is 5.32 Å². The molecule has 0 saturated carbocycles. The van der Waals surface area contributed by atoms with Crippen molar-refractivity contribution < 1.29 is 33.3 Å². The van der Waals surface area contributed by atoms with E-state index in [1.807, 2.05) is 156 Å². The van der Waals surface area contributed by atoms with Crippen molar-refractivity contribution >= 4 is 28.3 Å². The summed E-state index contributed by atoms with van der Waals surface area (Å²) in [6.45, 7) is 1.49. The van der Waals surface area contributed by atoms with Gasteiger partial charge in [-0.15, -0.1) is 0 Å². The molecule has 1 fully saturated rings. The highest BCUT2D eigenvalue weighted by molar-refractivity contribution is 6.35. The number of ether oxygens (including phenoxy) is 5. The first-order valence-electron chi connectivity index (χ1n) is 18.5. The SMILES string of the molecule is O=C1C=C(c2cn([C@@H]3O[C@H](COCc4ccccc4)[C@@H](OCc4ccccc4)[C@H](OCc4ccccc4)[C@H]3OCc3ccccc3)c3ccccc23)C(=O)N1. The maximum Gasteiger partial charge on any atom is 0.258 e. The Bertz CT molecular complexity index is 2220. The number of carbonyl (C=O) groups excluding carboxylic acids is 2. The Kier molecular flexibility index (Phi) is 11.4. The number of nitrogens with one attached hydrogen (secondary N) is 1. The summed E-state index contributed by atoms with van der Waals surface area (Å²) in [5.41, 5.74) is 5.75. The van der Waals surface area contributed by atoms with E-state index in [4.69, 9.17) is 23.7 Å². The quantitative estimate of drug-likeness (QED) is 0.109. The molecule has 55 heavy (non-hydrogen) atoms. The van der Waals surface area contributed by atoms with Gasteiger partial charge in [0.25, 0.3) is 11.8 Å². The fraction of sp³-hybridized carbons (Fsp3) is 0.217. The van der Waals surface area contributed by atoms with Gasteiger partial charge in [-0.1, -0.05) is 140 Å². The van der Waals surface area contributed by atoms with E-state index in [1.54, 1.807) is 0 Å². The van der Waals surface area contributed by atoms with Crippen LogP contribution in [0, 0.1) is 0 Å². The van der Waals surface area contributed by atoms with Gasteiger partial charge in [0, 0.05) is 23.2 Å². The summed E-state index contributed by atoms with van der Waals surface area (Å²) in [4.78, 5) is 25.3. The first-order chi connectivity index (χ1) is 27.1. The number of amides is 2. The Hall–Kier alpha value is -5.68. The molecule has 8 rings (SSSR count). The topological polar surface area (TPSA) is 97.2 Å². The highest BCUT2D eigenvalue weighted by atomic mass is 16.6. The van der Waals surface area contributed by atoms with Crippen molar-refractivity contribution in [3.8, 4) is 0 Å². The smallest absolute Gasteiger partial charge is 0.258 e. The molecular weight excluding hydrogens is 693 g/mol. The largest absolute Gasteiger partial charge is 0.374 e. The Labute approximate surface area is 320 Å². The van der Waals surface area contributed by atoms with Gasteiger partial charge in [-0.2, -0.15) is 0 Å². The van der Waals surface area contributed by atoms with Crippen LogP contribution in [-0.4, -0.2) is 47.4 Å². The minimum atomic E-state index is -0.759. The maximum absolute atomic E-state index is 13.0. The molecule has 278 valence electrons. The van der Waals surface area contributed by atoms with E-state index >= 15 is 0 Å². The lowest BCUT2D eigenvalue weighted by Gasteiger charge is -2.46. The van der Waals surface area contributed by atoms with Crippen LogP contribution in [0.2, 0.25) is 0 Å². The molecule has 0 bridgehead atoms. The third-order valence-corrected chi connectivity index (χ3v) is 9.92. The summed E-state index contributed by atoms with van der Waals surface area (Å²) in [5.74, 6) is -0.891. The van der Waals surface area contributed by atoms with Gasteiger partial charge >= 0.3 is 0 Å². The second-order valence-electron chi connectivity index (χ2n) is 13.7. The van der Waals surface area contributed by atoms with E-state index < -0.39 is 42.5 Å². The zero-order valence-corrected chi connectivity index (χ0v) is 30.2. The molecule has 5 atom stereocenters. The molecule has 1 saturated heterocycles. The summed E-state index contributed by atoms with van der Waals surface area (Å²) in [6, 6.07) is 47.8. The Balaban J connectivity index is 1.22. The normalized spacial score (nSPS) is 21.1. The number of benzene rings is 5. The van der Waals surface area contributed by atoms with Crippen LogP contribution in [0.3, 0.4) is 0 Å². The maximum atomic E-state index is 13.0. The van der Waals surface area contributed by atoms with Crippen LogP contribution in [0.25, 0.3) is 16.5 Å². The Morgan fingerprint density at radius 2 is 1.05 bits per heavy atom. The van der Waals surface area contributed by atoms with E-state index in [0.717, 1.165) is 33.2 Å². The van der Waals surface area contributed by atoms with E-state index in [1.165, 1.54) is 6.08 Å². The minimum absolute atomic E-state index is 0.204. The molecule has 2 aliphatic rings. The number of carbonyl (C=O) groups is 2. The van der Waals surface area contributed by atoms with Crippen molar-refractivity contribution in [2.75, 3.05) is 6.61 Å². The lowest BCUT2D eigenvalue weighted by atomic mass is 9.96. The molecule has 1 N–H and O–H groups in total. The van der Waals surface area contributed by atoms with E-state index in [0.29, 0.717) is 31.0 Å². The number of fused-ring (bicyclic) bond motifs is 1. The lowest BCUT2D eigenvalue weighted by molar-refractivity contribution is -0.289. The number of imide groups is 1. The molecule has 2 amide bonds. The van der Waals surface area contributed by atoms with Crippen molar-refractivity contribution in [3.63, 3.8) is 0 Å². The summed E-state index contributed by atoms with van der Waals surface area (Å²) in [5, 5.41) is 3.19.